The van der Waals surface area contributed by atoms with Gasteiger partial charge in [-0.25, -0.2) is 13.8 Å². The standard InChI is InChI=1S/C14H19F2N3/c1-10-4-6-19(7-5-10)14(17)18-9-11-8-12(15)2-3-13(11)16/h2-3,8,10H,4-7,9H2,1H3,(H2,17,18). The van der Waals surface area contributed by atoms with Crippen molar-refractivity contribution in [3.63, 3.8) is 0 Å². The monoisotopic (exact) mass is 267 g/mol. The van der Waals surface area contributed by atoms with E-state index in [1.807, 2.05) is 4.90 Å². The first kappa shape index (κ1) is 13.8. The van der Waals surface area contributed by atoms with Crippen molar-refractivity contribution in [1.82, 2.24) is 4.90 Å². The molecule has 1 aliphatic rings. The van der Waals surface area contributed by atoms with E-state index in [2.05, 4.69) is 11.9 Å². The third-order valence-corrected chi connectivity index (χ3v) is 3.53. The molecule has 0 aliphatic carbocycles. The van der Waals surface area contributed by atoms with Gasteiger partial charge in [0.2, 0.25) is 0 Å². The minimum Gasteiger partial charge on any atom is -0.370 e. The Morgan fingerprint density at radius 3 is 2.74 bits per heavy atom. The van der Waals surface area contributed by atoms with Crippen LogP contribution < -0.4 is 5.73 Å². The van der Waals surface area contributed by atoms with Crippen LogP contribution >= 0.6 is 0 Å². The summed E-state index contributed by atoms with van der Waals surface area (Å²) in [5.41, 5.74) is 6.12. The maximum atomic E-state index is 13.4. The summed E-state index contributed by atoms with van der Waals surface area (Å²) in [7, 11) is 0. The molecule has 0 atom stereocenters. The number of nitrogens with zero attached hydrogens (tertiary/aromatic N) is 2. The zero-order chi connectivity index (χ0) is 13.8. The number of piperidine rings is 1. The molecule has 1 aromatic rings. The van der Waals surface area contributed by atoms with Gasteiger partial charge >= 0.3 is 0 Å². The minimum atomic E-state index is -0.461. The van der Waals surface area contributed by atoms with E-state index in [9.17, 15) is 8.78 Å². The molecule has 1 heterocycles. The molecule has 0 aromatic heterocycles. The molecule has 0 spiro atoms. The van der Waals surface area contributed by atoms with E-state index >= 15 is 0 Å². The lowest BCUT2D eigenvalue weighted by molar-refractivity contribution is 0.277. The number of nitrogens with two attached hydrogens (primary N) is 1. The Balaban J connectivity index is 1.99. The molecule has 2 N–H and O–H groups in total. The van der Waals surface area contributed by atoms with Gasteiger partial charge in [-0.15, -0.1) is 0 Å². The maximum Gasteiger partial charge on any atom is 0.191 e. The SMILES string of the molecule is CC1CCN(C(N)=NCc2cc(F)ccc2F)CC1. The van der Waals surface area contributed by atoms with Crippen molar-refractivity contribution < 1.29 is 8.78 Å². The third-order valence-electron chi connectivity index (χ3n) is 3.53. The Kier molecular flexibility index (Phi) is 4.35. The van der Waals surface area contributed by atoms with Gasteiger partial charge in [-0.1, -0.05) is 6.92 Å². The van der Waals surface area contributed by atoms with E-state index in [0.29, 0.717) is 11.9 Å². The van der Waals surface area contributed by atoms with E-state index in [-0.39, 0.29) is 12.1 Å². The van der Waals surface area contributed by atoms with Crippen LogP contribution in [0.25, 0.3) is 0 Å². The smallest absolute Gasteiger partial charge is 0.191 e. The summed E-state index contributed by atoms with van der Waals surface area (Å²) in [6.07, 6.45) is 2.18. The second-order valence-electron chi connectivity index (χ2n) is 5.08. The van der Waals surface area contributed by atoms with E-state index in [1.54, 1.807) is 0 Å². The highest BCUT2D eigenvalue weighted by Crippen LogP contribution is 2.16. The zero-order valence-electron chi connectivity index (χ0n) is 11.1. The van der Waals surface area contributed by atoms with Crippen LogP contribution in [0.1, 0.15) is 25.3 Å². The van der Waals surface area contributed by atoms with Gasteiger partial charge < -0.3 is 10.6 Å². The van der Waals surface area contributed by atoms with Crippen LogP contribution in [0, 0.1) is 17.6 Å². The van der Waals surface area contributed by atoms with Gasteiger partial charge in [0.25, 0.3) is 0 Å². The van der Waals surface area contributed by atoms with E-state index in [4.69, 9.17) is 5.73 Å². The number of rotatable bonds is 2. The molecule has 5 heteroatoms. The average molecular weight is 267 g/mol. The Bertz CT molecular complexity index is 466. The quantitative estimate of drug-likeness (QED) is 0.661. The van der Waals surface area contributed by atoms with Gasteiger partial charge in [-0.2, -0.15) is 0 Å². The molecule has 1 aromatic carbocycles. The van der Waals surface area contributed by atoms with Crippen molar-refractivity contribution in [3.05, 3.63) is 35.4 Å². The van der Waals surface area contributed by atoms with E-state index < -0.39 is 11.6 Å². The minimum absolute atomic E-state index is 0.0709. The summed E-state index contributed by atoms with van der Waals surface area (Å²) < 4.78 is 26.4. The van der Waals surface area contributed by atoms with Crippen LogP contribution in [0.5, 0.6) is 0 Å². The van der Waals surface area contributed by atoms with Crippen molar-refractivity contribution in [3.8, 4) is 0 Å². The molecule has 2 rings (SSSR count). The molecular weight excluding hydrogens is 248 g/mol. The predicted octanol–water partition coefficient (Wildman–Crippen LogP) is 2.51. The van der Waals surface area contributed by atoms with Crippen molar-refractivity contribution in [2.75, 3.05) is 13.1 Å². The van der Waals surface area contributed by atoms with Crippen LogP contribution in [0.3, 0.4) is 0 Å². The first-order valence-electron chi connectivity index (χ1n) is 6.55. The lowest BCUT2D eigenvalue weighted by Gasteiger charge is -2.31. The molecule has 1 fully saturated rings. The Hall–Kier alpha value is -1.65. The molecule has 1 saturated heterocycles. The number of guanidine groups is 1. The first-order chi connectivity index (χ1) is 9.06. The highest BCUT2D eigenvalue weighted by atomic mass is 19.1. The molecule has 3 nitrogen and oxygen atoms in total. The summed E-state index contributed by atoms with van der Waals surface area (Å²) >= 11 is 0. The van der Waals surface area contributed by atoms with Crippen LogP contribution in [0.4, 0.5) is 8.78 Å². The van der Waals surface area contributed by atoms with E-state index in [0.717, 1.165) is 44.1 Å². The highest BCUT2D eigenvalue weighted by molar-refractivity contribution is 5.78. The average Bonchev–Trinajstić information content (AvgIpc) is 2.40. The van der Waals surface area contributed by atoms with Gasteiger partial charge in [0.05, 0.1) is 6.54 Å². The molecule has 104 valence electrons. The second-order valence-corrected chi connectivity index (χ2v) is 5.08. The summed E-state index contributed by atoms with van der Waals surface area (Å²) in [4.78, 5) is 6.16. The summed E-state index contributed by atoms with van der Waals surface area (Å²) in [5.74, 6) is 0.211. The molecule has 0 amide bonds. The number of hydrogen-bond acceptors (Lipinski definition) is 1. The fraction of sp³-hybridized carbons (Fsp3) is 0.500. The zero-order valence-corrected chi connectivity index (χ0v) is 11.1. The Morgan fingerprint density at radius 1 is 1.37 bits per heavy atom. The summed E-state index contributed by atoms with van der Waals surface area (Å²) in [6.45, 7) is 4.04. The summed E-state index contributed by atoms with van der Waals surface area (Å²) in [6, 6.07) is 3.36. The molecular formula is C14H19F2N3. The van der Waals surface area contributed by atoms with Crippen molar-refractivity contribution in [2.45, 2.75) is 26.3 Å². The fourth-order valence-corrected chi connectivity index (χ4v) is 2.17. The van der Waals surface area contributed by atoms with Gasteiger partial charge in [0, 0.05) is 18.7 Å². The van der Waals surface area contributed by atoms with E-state index in [1.165, 1.54) is 0 Å². The first-order valence-corrected chi connectivity index (χ1v) is 6.55. The lowest BCUT2D eigenvalue weighted by atomic mass is 10.00. The van der Waals surface area contributed by atoms with Gasteiger partial charge in [-0.3, -0.25) is 0 Å². The number of likely N-dealkylation sites (tertiary alicyclic amines) is 1. The molecule has 1 aliphatic heterocycles. The van der Waals surface area contributed by atoms with Crippen LogP contribution in [0.2, 0.25) is 0 Å². The Labute approximate surface area is 112 Å². The number of aliphatic imine (C=N–C) groups is 1. The third kappa shape index (κ3) is 3.66. The van der Waals surface area contributed by atoms with Crippen molar-refractivity contribution in [2.24, 2.45) is 16.6 Å². The predicted molar refractivity (Wildman–Crippen MR) is 71.7 cm³/mol. The number of hydrogen-bond donors (Lipinski definition) is 1. The normalized spacial score (nSPS) is 17.8. The molecule has 0 saturated carbocycles. The number of halogens is 2. The summed E-state index contributed by atoms with van der Waals surface area (Å²) in [5, 5.41) is 0. The lowest BCUT2D eigenvalue weighted by Crippen LogP contribution is -2.42. The van der Waals surface area contributed by atoms with Crippen LogP contribution in [0.15, 0.2) is 23.2 Å². The Morgan fingerprint density at radius 2 is 2.05 bits per heavy atom. The van der Waals surface area contributed by atoms with Gasteiger partial charge in [-0.05, 0) is 37.0 Å². The van der Waals surface area contributed by atoms with Crippen molar-refractivity contribution in [1.29, 1.82) is 0 Å². The molecule has 0 unspecified atom stereocenters. The van der Waals surface area contributed by atoms with Crippen molar-refractivity contribution >= 4 is 5.96 Å². The number of benzene rings is 1. The maximum absolute atomic E-state index is 13.4. The molecule has 19 heavy (non-hydrogen) atoms. The largest absolute Gasteiger partial charge is 0.370 e. The van der Waals surface area contributed by atoms with Gasteiger partial charge in [0.15, 0.2) is 5.96 Å². The molecule has 0 bridgehead atoms. The van der Waals surface area contributed by atoms with Gasteiger partial charge in [0.1, 0.15) is 11.6 Å². The second kappa shape index (κ2) is 5.99. The highest BCUT2D eigenvalue weighted by Gasteiger charge is 2.17. The van der Waals surface area contributed by atoms with Crippen LogP contribution in [-0.4, -0.2) is 23.9 Å². The molecule has 0 radical (unpaired) electrons. The van der Waals surface area contributed by atoms with Crippen LogP contribution in [-0.2, 0) is 6.54 Å². The fourth-order valence-electron chi connectivity index (χ4n) is 2.17. The topological polar surface area (TPSA) is 41.6 Å².